The Kier molecular flexibility index (Phi) is 2.69. The molecule has 0 aliphatic heterocycles. The Bertz CT molecular complexity index is 392. The van der Waals surface area contributed by atoms with E-state index in [1.165, 1.54) is 0 Å². The largest absolute Gasteiger partial charge is 0.353 e. The number of halogens is 2. The summed E-state index contributed by atoms with van der Waals surface area (Å²) in [6.45, 7) is 0.393. The van der Waals surface area contributed by atoms with Crippen molar-refractivity contribution in [1.29, 1.82) is 0 Å². The highest BCUT2D eigenvalue weighted by molar-refractivity contribution is 5.79. The number of hydrogen-bond acceptors (Lipinski definition) is 1. The molecule has 1 N–H and O–H groups in total. The van der Waals surface area contributed by atoms with E-state index in [0.29, 0.717) is 6.54 Å². The van der Waals surface area contributed by atoms with Gasteiger partial charge in [0.25, 0.3) is 0 Å². The van der Waals surface area contributed by atoms with Gasteiger partial charge in [-0.05, 0) is 12.1 Å². The summed E-state index contributed by atoms with van der Waals surface area (Å²) in [5.41, 5.74) is 0.958. The number of hydrogen-bond donors (Lipinski definition) is 1. The molecule has 1 saturated carbocycles. The Hall–Kier alpha value is -1.39. The molecule has 88 valence electrons. The Balaban J connectivity index is 1.79. The van der Waals surface area contributed by atoms with Crippen LogP contribution in [-0.4, -0.2) is 16.4 Å². The lowest BCUT2D eigenvalue weighted by Crippen LogP contribution is -2.44. The van der Waals surface area contributed by atoms with Crippen molar-refractivity contribution >= 4 is 5.91 Å². The van der Waals surface area contributed by atoms with E-state index in [1.54, 1.807) is 0 Å². The maximum absolute atomic E-state index is 12.5. The second-order valence-electron chi connectivity index (χ2n) is 4.29. The second kappa shape index (κ2) is 3.88. The van der Waals surface area contributed by atoms with E-state index in [0.717, 1.165) is 5.69 Å². The Morgan fingerprint density at radius 1 is 1.62 bits per heavy atom. The molecule has 0 unspecified atom stereocenters. The zero-order valence-corrected chi connectivity index (χ0v) is 9.04. The summed E-state index contributed by atoms with van der Waals surface area (Å²) >= 11 is 0. The van der Waals surface area contributed by atoms with Gasteiger partial charge in [0.1, 0.15) is 0 Å². The van der Waals surface area contributed by atoms with Crippen molar-refractivity contribution in [2.24, 2.45) is 13.0 Å². The van der Waals surface area contributed by atoms with E-state index in [1.807, 2.05) is 29.9 Å². The number of aromatic nitrogens is 1. The molecule has 3 nitrogen and oxygen atoms in total. The second-order valence-corrected chi connectivity index (χ2v) is 4.29. The van der Waals surface area contributed by atoms with Gasteiger partial charge in [0.15, 0.2) is 0 Å². The Labute approximate surface area is 92.4 Å². The van der Waals surface area contributed by atoms with Gasteiger partial charge in [0.05, 0.1) is 6.54 Å². The minimum absolute atomic E-state index is 0.271. The van der Waals surface area contributed by atoms with E-state index in [2.05, 4.69) is 5.32 Å². The van der Waals surface area contributed by atoms with Gasteiger partial charge in [0, 0.05) is 37.7 Å². The van der Waals surface area contributed by atoms with E-state index in [9.17, 15) is 13.6 Å². The average Bonchev–Trinajstić information content (AvgIpc) is 2.56. The van der Waals surface area contributed by atoms with E-state index in [-0.39, 0.29) is 18.7 Å². The van der Waals surface area contributed by atoms with Crippen LogP contribution < -0.4 is 5.32 Å². The quantitative estimate of drug-likeness (QED) is 0.839. The van der Waals surface area contributed by atoms with Crippen molar-refractivity contribution in [1.82, 2.24) is 9.88 Å². The molecule has 1 aromatic heterocycles. The molecular weight excluding hydrogens is 214 g/mol. The zero-order chi connectivity index (χ0) is 11.8. The van der Waals surface area contributed by atoms with Crippen LogP contribution in [0.2, 0.25) is 0 Å². The summed E-state index contributed by atoms with van der Waals surface area (Å²) in [5.74, 6) is -3.42. The molecule has 5 heteroatoms. The number of aryl methyl sites for hydroxylation is 1. The molecule has 1 heterocycles. The van der Waals surface area contributed by atoms with Crippen LogP contribution in [0.4, 0.5) is 8.78 Å². The van der Waals surface area contributed by atoms with Gasteiger partial charge in [0.2, 0.25) is 11.8 Å². The zero-order valence-electron chi connectivity index (χ0n) is 9.04. The number of alkyl halides is 2. The molecule has 1 amide bonds. The number of nitrogens with zero attached hydrogens (tertiary/aromatic N) is 1. The third-order valence-corrected chi connectivity index (χ3v) is 2.96. The van der Waals surface area contributed by atoms with Gasteiger partial charge in [-0.15, -0.1) is 0 Å². The SMILES string of the molecule is Cn1cccc1CNC(=O)C1CC(F)(F)C1. The lowest BCUT2D eigenvalue weighted by Gasteiger charge is -2.33. The lowest BCUT2D eigenvalue weighted by molar-refractivity contribution is -0.150. The van der Waals surface area contributed by atoms with Gasteiger partial charge in [-0.1, -0.05) is 0 Å². The summed E-state index contributed by atoms with van der Waals surface area (Å²) in [6, 6.07) is 3.76. The minimum Gasteiger partial charge on any atom is -0.353 e. The molecule has 0 atom stereocenters. The first kappa shape index (κ1) is 11.1. The molecular formula is C11H14F2N2O. The first-order valence-corrected chi connectivity index (χ1v) is 5.24. The van der Waals surface area contributed by atoms with Crippen molar-refractivity contribution in [2.75, 3.05) is 0 Å². The maximum Gasteiger partial charge on any atom is 0.249 e. The fourth-order valence-corrected chi connectivity index (χ4v) is 1.85. The molecule has 1 aromatic rings. The monoisotopic (exact) mass is 228 g/mol. The fourth-order valence-electron chi connectivity index (χ4n) is 1.85. The third-order valence-electron chi connectivity index (χ3n) is 2.96. The van der Waals surface area contributed by atoms with Crippen LogP contribution >= 0.6 is 0 Å². The topological polar surface area (TPSA) is 34.0 Å². The molecule has 0 bridgehead atoms. The smallest absolute Gasteiger partial charge is 0.249 e. The van der Waals surface area contributed by atoms with E-state index >= 15 is 0 Å². The van der Waals surface area contributed by atoms with Crippen LogP contribution in [0.1, 0.15) is 18.5 Å². The van der Waals surface area contributed by atoms with Gasteiger partial charge in [-0.2, -0.15) is 0 Å². The van der Waals surface area contributed by atoms with Crippen molar-refractivity contribution in [3.05, 3.63) is 24.0 Å². The van der Waals surface area contributed by atoms with Crippen molar-refractivity contribution in [2.45, 2.75) is 25.3 Å². The van der Waals surface area contributed by atoms with Gasteiger partial charge in [-0.3, -0.25) is 4.79 Å². The predicted molar refractivity (Wildman–Crippen MR) is 54.9 cm³/mol. The molecule has 0 saturated heterocycles. The molecule has 0 spiro atoms. The fraction of sp³-hybridized carbons (Fsp3) is 0.545. The van der Waals surface area contributed by atoms with Crippen molar-refractivity contribution < 1.29 is 13.6 Å². The number of rotatable bonds is 3. The summed E-state index contributed by atoms with van der Waals surface area (Å²) < 4.78 is 27.0. The van der Waals surface area contributed by atoms with Crippen LogP contribution in [0.25, 0.3) is 0 Å². The van der Waals surface area contributed by atoms with Crippen molar-refractivity contribution in [3.8, 4) is 0 Å². The Morgan fingerprint density at radius 2 is 2.31 bits per heavy atom. The molecule has 1 fully saturated rings. The van der Waals surface area contributed by atoms with E-state index in [4.69, 9.17) is 0 Å². The molecule has 2 rings (SSSR count). The Morgan fingerprint density at radius 3 is 2.81 bits per heavy atom. The normalized spacial score (nSPS) is 19.2. The van der Waals surface area contributed by atoms with Crippen LogP contribution in [0, 0.1) is 5.92 Å². The molecule has 1 aliphatic rings. The number of amides is 1. The van der Waals surface area contributed by atoms with Crippen LogP contribution in [0.3, 0.4) is 0 Å². The van der Waals surface area contributed by atoms with E-state index < -0.39 is 11.8 Å². The highest BCUT2D eigenvalue weighted by Gasteiger charge is 2.48. The predicted octanol–water partition coefficient (Wildman–Crippen LogP) is 1.69. The lowest BCUT2D eigenvalue weighted by atomic mass is 9.81. The maximum atomic E-state index is 12.5. The molecule has 16 heavy (non-hydrogen) atoms. The van der Waals surface area contributed by atoms with Gasteiger partial charge < -0.3 is 9.88 Å². The van der Waals surface area contributed by atoms with Gasteiger partial charge in [-0.25, -0.2) is 8.78 Å². The molecule has 1 aliphatic carbocycles. The summed E-state index contributed by atoms with van der Waals surface area (Å²) in [5, 5.41) is 2.67. The van der Waals surface area contributed by atoms with Crippen molar-refractivity contribution in [3.63, 3.8) is 0 Å². The van der Waals surface area contributed by atoms with Crippen LogP contribution in [-0.2, 0) is 18.4 Å². The third kappa shape index (κ3) is 2.23. The minimum atomic E-state index is -2.63. The van der Waals surface area contributed by atoms with Gasteiger partial charge >= 0.3 is 0 Å². The molecule has 0 aromatic carbocycles. The highest BCUT2D eigenvalue weighted by atomic mass is 19.3. The number of nitrogens with one attached hydrogen (secondary N) is 1. The van der Waals surface area contributed by atoms with Crippen LogP contribution in [0.15, 0.2) is 18.3 Å². The standard InChI is InChI=1S/C11H14F2N2O/c1-15-4-2-3-9(15)7-14-10(16)8-5-11(12,13)6-8/h2-4,8H,5-7H2,1H3,(H,14,16). The first-order chi connectivity index (χ1) is 7.48. The summed E-state index contributed by atoms with van der Waals surface area (Å²) in [4.78, 5) is 11.5. The highest BCUT2D eigenvalue weighted by Crippen LogP contribution is 2.42. The number of carbonyl (C=O) groups excluding carboxylic acids is 1. The summed E-state index contributed by atoms with van der Waals surface area (Å²) in [7, 11) is 1.87. The first-order valence-electron chi connectivity index (χ1n) is 5.24. The average molecular weight is 228 g/mol. The summed E-state index contributed by atoms with van der Waals surface area (Å²) in [6.07, 6.45) is 1.25. The van der Waals surface area contributed by atoms with Crippen LogP contribution in [0.5, 0.6) is 0 Å². The number of carbonyl (C=O) groups is 1. The molecule has 0 radical (unpaired) electrons.